The predicted octanol–water partition coefficient (Wildman–Crippen LogP) is 16.0. The smallest absolute Gasteiger partial charge is 0.224 e. The van der Waals surface area contributed by atoms with Crippen LogP contribution in [-0.4, -0.2) is 42.5 Å². The van der Waals surface area contributed by atoms with Gasteiger partial charge in [0.05, 0.1) is 13.6 Å². The second-order valence-electron chi connectivity index (χ2n) is 17.8. The predicted molar refractivity (Wildman–Crippen MR) is 237 cm³/mol. The van der Waals surface area contributed by atoms with Gasteiger partial charge in [-0.2, -0.15) is 0 Å². The van der Waals surface area contributed by atoms with Crippen molar-refractivity contribution in [2.24, 2.45) is 4.99 Å². The summed E-state index contributed by atoms with van der Waals surface area (Å²) in [5.74, 6) is 1.55. The van der Waals surface area contributed by atoms with Gasteiger partial charge in [0.2, 0.25) is 5.91 Å². The molecule has 1 heterocycles. The first-order chi connectivity index (χ1) is 26.0. The van der Waals surface area contributed by atoms with Gasteiger partial charge in [-0.25, -0.2) is 4.99 Å². The second kappa shape index (κ2) is 38.0. The molecule has 0 aliphatic carbocycles. The number of hydrogen-bond acceptors (Lipinski definition) is 2. The zero-order valence-electron chi connectivity index (χ0n) is 37.1. The summed E-state index contributed by atoms with van der Waals surface area (Å²) in [6, 6.07) is 0. The number of nitrogens with zero attached hydrogens (tertiary/aromatic N) is 2. The third-order valence-electron chi connectivity index (χ3n) is 12.7. The van der Waals surface area contributed by atoms with Gasteiger partial charge in [0.1, 0.15) is 6.54 Å². The molecule has 0 aromatic carbocycles. The molecule has 4 nitrogen and oxygen atoms in total. The van der Waals surface area contributed by atoms with E-state index in [1.165, 1.54) is 243 Å². The van der Waals surface area contributed by atoms with Crippen LogP contribution in [0.5, 0.6) is 0 Å². The zero-order chi connectivity index (χ0) is 38.3. The molecule has 0 fully saturated rings. The van der Waals surface area contributed by atoms with E-state index in [0.29, 0.717) is 6.42 Å². The van der Waals surface area contributed by atoms with Crippen molar-refractivity contribution in [3.8, 4) is 0 Å². The van der Waals surface area contributed by atoms with Crippen molar-refractivity contribution in [2.75, 3.05) is 20.1 Å². The number of likely N-dealkylation sites (N-methyl/N-ethyl adjacent to an activating group) is 1. The minimum Gasteiger partial charge on any atom is -0.307 e. The van der Waals surface area contributed by atoms with Crippen molar-refractivity contribution in [3.05, 3.63) is 0 Å². The van der Waals surface area contributed by atoms with Gasteiger partial charge in [-0.3, -0.25) is 9.28 Å². The van der Waals surface area contributed by atoms with Crippen LogP contribution in [0.25, 0.3) is 0 Å². The third kappa shape index (κ3) is 30.0. The lowest BCUT2D eigenvalue weighted by atomic mass is 10.0. The van der Waals surface area contributed by atoms with Crippen LogP contribution in [0.2, 0.25) is 0 Å². The summed E-state index contributed by atoms with van der Waals surface area (Å²) in [5, 5.41) is 3.37. The van der Waals surface area contributed by atoms with Crippen molar-refractivity contribution < 1.29 is 9.28 Å². The fourth-order valence-corrected chi connectivity index (χ4v) is 8.60. The molecule has 1 N–H and O–H groups in total. The van der Waals surface area contributed by atoms with Crippen LogP contribution < -0.4 is 5.32 Å². The number of carbonyl (C=O) groups excluding carboxylic acids is 1. The molecule has 0 aromatic rings. The highest BCUT2D eigenvalue weighted by molar-refractivity contribution is 5.78. The van der Waals surface area contributed by atoms with Gasteiger partial charge in [-0.05, 0) is 12.8 Å². The van der Waals surface area contributed by atoms with E-state index in [9.17, 15) is 4.79 Å². The van der Waals surface area contributed by atoms with Gasteiger partial charge < -0.3 is 5.32 Å². The molecule has 1 amide bonds. The molecule has 2 unspecified atom stereocenters. The van der Waals surface area contributed by atoms with Crippen molar-refractivity contribution in [3.63, 3.8) is 0 Å². The van der Waals surface area contributed by atoms with Gasteiger partial charge in [0.15, 0.2) is 12.0 Å². The molecule has 1 rings (SSSR count). The molecular formula is C49H98N3O+. The first kappa shape index (κ1) is 50.1. The number of unbranched alkanes of at least 4 members (excludes halogenated alkanes) is 36. The number of amidine groups is 1. The molecule has 1 aliphatic heterocycles. The lowest BCUT2D eigenvalue weighted by Crippen LogP contribution is -2.60. The summed E-state index contributed by atoms with van der Waals surface area (Å²) in [7, 11) is 2.30. The quantitative estimate of drug-likeness (QED) is 0.0491. The molecule has 0 saturated heterocycles. The Hall–Kier alpha value is -0.900. The summed E-state index contributed by atoms with van der Waals surface area (Å²) in [6.45, 7) is 8.73. The Labute approximate surface area is 334 Å². The topological polar surface area (TPSA) is 41.5 Å². The monoisotopic (exact) mass is 745 g/mol. The summed E-state index contributed by atoms with van der Waals surface area (Å²) >= 11 is 0. The third-order valence-corrected chi connectivity index (χ3v) is 12.7. The largest absolute Gasteiger partial charge is 0.307 e. The maximum Gasteiger partial charge on any atom is 0.224 e. The van der Waals surface area contributed by atoms with Crippen LogP contribution in [0.1, 0.15) is 278 Å². The Bertz CT molecular complexity index is 812. The summed E-state index contributed by atoms with van der Waals surface area (Å²) in [6.07, 6.45) is 55.2. The van der Waals surface area contributed by atoms with Crippen LogP contribution in [0.4, 0.5) is 0 Å². The number of carbonyl (C=O) groups is 1. The minimum absolute atomic E-state index is 0.115. The van der Waals surface area contributed by atoms with Gasteiger partial charge in [-0.1, -0.05) is 245 Å². The molecule has 0 spiro atoms. The maximum atomic E-state index is 12.8. The van der Waals surface area contributed by atoms with Crippen LogP contribution in [0, 0.1) is 0 Å². The van der Waals surface area contributed by atoms with Crippen LogP contribution in [-0.2, 0) is 4.79 Å². The van der Waals surface area contributed by atoms with Crippen molar-refractivity contribution in [1.29, 1.82) is 0 Å². The molecule has 1 aliphatic rings. The summed E-state index contributed by atoms with van der Waals surface area (Å²) in [4.78, 5) is 17.7. The molecule has 0 aromatic heterocycles. The summed E-state index contributed by atoms with van der Waals surface area (Å²) in [5.41, 5.74) is 0. The van der Waals surface area contributed by atoms with E-state index < -0.39 is 0 Å². The molecular weight excluding hydrogens is 647 g/mol. The minimum atomic E-state index is 0.115. The number of quaternary nitrogens is 1. The van der Waals surface area contributed by atoms with E-state index in [1.807, 2.05) is 0 Å². The number of aliphatic imine (C=N–C) groups is 1. The molecule has 314 valence electrons. The maximum absolute atomic E-state index is 12.8. The molecule has 53 heavy (non-hydrogen) atoms. The molecule has 2 atom stereocenters. The van der Waals surface area contributed by atoms with E-state index in [2.05, 4.69) is 33.1 Å². The van der Waals surface area contributed by atoms with Crippen LogP contribution in [0.15, 0.2) is 4.99 Å². The highest BCUT2D eigenvalue weighted by Crippen LogP contribution is 2.22. The van der Waals surface area contributed by atoms with E-state index >= 15 is 0 Å². The lowest BCUT2D eigenvalue weighted by molar-refractivity contribution is -0.843. The fourth-order valence-electron chi connectivity index (χ4n) is 8.60. The normalized spacial score (nSPS) is 16.3. The number of rotatable bonds is 42. The average Bonchev–Trinajstić information content (AvgIpc) is 3.54. The SMILES string of the molecule is CCCCCCCCCCCCCCCCCCCCCC(=O)NC(C)[N+]1(C)CCN=C1CCCCCCCCCCCCCCCCCCCCC. The van der Waals surface area contributed by atoms with Crippen LogP contribution in [0.3, 0.4) is 0 Å². The molecule has 0 saturated carbocycles. The Morgan fingerprint density at radius 3 is 1.09 bits per heavy atom. The van der Waals surface area contributed by atoms with Crippen LogP contribution >= 0.6 is 0 Å². The Morgan fingerprint density at radius 2 is 0.774 bits per heavy atom. The average molecular weight is 745 g/mol. The first-order valence-electron chi connectivity index (χ1n) is 24.7. The highest BCUT2D eigenvalue weighted by Gasteiger charge is 2.39. The van der Waals surface area contributed by atoms with Crippen molar-refractivity contribution >= 4 is 11.7 Å². The first-order valence-corrected chi connectivity index (χ1v) is 24.7. The summed E-state index contributed by atoms with van der Waals surface area (Å²) < 4.78 is 0.810. The Balaban J connectivity index is 1.92. The number of nitrogens with one attached hydrogen (secondary N) is 1. The van der Waals surface area contributed by atoms with Crippen molar-refractivity contribution in [1.82, 2.24) is 5.32 Å². The van der Waals surface area contributed by atoms with Gasteiger partial charge in [0.25, 0.3) is 0 Å². The zero-order valence-corrected chi connectivity index (χ0v) is 37.1. The molecule has 0 radical (unpaired) electrons. The number of hydrogen-bond donors (Lipinski definition) is 1. The number of amides is 1. The molecule has 0 bridgehead atoms. The lowest BCUT2D eigenvalue weighted by Gasteiger charge is -2.36. The van der Waals surface area contributed by atoms with Gasteiger partial charge >= 0.3 is 0 Å². The second-order valence-corrected chi connectivity index (χ2v) is 17.8. The van der Waals surface area contributed by atoms with Gasteiger partial charge in [-0.15, -0.1) is 0 Å². The van der Waals surface area contributed by atoms with E-state index in [4.69, 9.17) is 4.99 Å². The Kier molecular flexibility index (Phi) is 35.9. The Morgan fingerprint density at radius 1 is 0.491 bits per heavy atom. The molecule has 4 heteroatoms. The standard InChI is InChI=1S/C49H97N3O/c1-5-7-9-11-13-15-17-19-21-23-25-27-29-31-33-35-37-39-41-43-48-50-45-46-52(48,4)47(3)51-49(53)44-42-40-38-36-34-32-30-28-26-24-22-20-18-16-14-12-10-8-6-2/h47H,5-46H2,1-4H3/p+1. The van der Waals surface area contributed by atoms with E-state index in [0.717, 1.165) is 30.4 Å². The van der Waals surface area contributed by atoms with Gasteiger partial charge in [0, 0.05) is 19.8 Å². The fraction of sp³-hybridized carbons (Fsp3) is 0.959. The van der Waals surface area contributed by atoms with E-state index in [1.54, 1.807) is 0 Å². The van der Waals surface area contributed by atoms with Crippen molar-refractivity contribution in [2.45, 2.75) is 284 Å². The highest BCUT2D eigenvalue weighted by atomic mass is 16.1. The van der Waals surface area contributed by atoms with E-state index in [-0.39, 0.29) is 12.1 Å².